The van der Waals surface area contributed by atoms with E-state index >= 15 is 0 Å². The quantitative estimate of drug-likeness (QED) is 0.575. The number of likely N-dealkylation sites (tertiary alicyclic amines) is 1. The molecular weight excluding hydrogens is 405 g/mol. The minimum Gasteiger partial charge on any atom is -0.461 e. The number of imide groups is 1. The first-order valence-corrected chi connectivity index (χ1v) is 11.0. The van der Waals surface area contributed by atoms with Gasteiger partial charge in [-0.3, -0.25) is 14.5 Å². The molecule has 0 saturated carbocycles. The second kappa shape index (κ2) is 7.49. The van der Waals surface area contributed by atoms with Crippen LogP contribution in [0.15, 0.2) is 45.1 Å². The number of aliphatic hydroxyl groups is 1. The molecule has 0 radical (unpaired) electrons. The third-order valence-electron chi connectivity index (χ3n) is 6.50. The molecule has 5 rings (SSSR count). The van der Waals surface area contributed by atoms with Gasteiger partial charge >= 0.3 is 7.12 Å². The van der Waals surface area contributed by atoms with Crippen molar-refractivity contribution in [1.82, 2.24) is 4.90 Å². The zero-order valence-corrected chi connectivity index (χ0v) is 17.3. The summed E-state index contributed by atoms with van der Waals surface area (Å²) in [5.41, 5.74) is 1.64. The van der Waals surface area contributed by atoms with E-state index in [-0.39, 0.29) is 24.3 Å². The van der Waals surface area contributed by atoms with Gasteiger partial charge < -0.3 is 19.2 Å². The summed E-state index contributed by atoms with van der Waals surface area (Å²) in [6.07, 6.45) is 0.354. The van der Waals surface area contributed by atoms with E-state index in [1.54, 1.807) is 12.1 Å². The molecule has 2 amide bonds. The molecule has 2 aromatic heterocycles. The van der Waals surface area contributed by atoms with E-state index in [0.717, 1.165) is 15.9 Å². The standard InChI is InChI=1S/C21H22BNO6S/c1-11-7-15-18(21(26)23(20(15)25)9-13-3-2-6-30-13)14-8-17(29-22(27)19(11)14)16-5-4-12(10-24)28-16/h2-6,14-15,17-18,24,27H,7-10H2,1H3/t14-,15-,17-,18+/m0/s1. The molecule has 2 N–H and O–H groups in total. The number of rotatable bonds is 4. The summed E-state index contributed by atoms with van der Waals surface area (Å²) in [5.74, 6) is -0.566. The maximum Gasteiger partial charge on any atom is 0.487 e. The molecule has 2 saturated heterocycles. The van der Waals surface area contributed by atoms with Gasteiger partial charge in [-0.1, -0.05) is 11.6 Å². The molecule has 7 nitrogen and oxygen atoms in total. The Morgan fingerprint density at radius 2 is 2.07 bits per heavy atom. The number of allylic oxidation sites excluding steroid dienone is 2. The van der Waals surface area contributed by atoms with E-state index in [2.05, 4.69) is 0 Å². The number of fused-ring (bicyclic) bond motifs is 3. The van der Waals surface area contributed by atoms with Gasteiger partial charge in [-0.25, -0.2) is 0 Å². The van der Waals surface area contributed by atoms with E-state index in [0.29, 0.717) is 30.9 Å². The Morgan fingerprint density at radius 3 is 2.77 bits per heavy atom. The molecule has 1 aliphatic carbocycles. The third kappa shape index (κ3) is 3.08. The molecule has 30 heavy (non-hydrogen) atoms. The summed E-state index contributed by atoms with van der Waals surface area (Å²) < 4.78 is 11.4. The largest absolute Gasteiger partial charge is 0.487 e. The van der Waals surface area contributed by atoms with Crippen molar-refractivity contribution >= 4 is 30.3 Å². The van der Waals surface area contributed by atoms with Crippen LogP contribution in [0.3, 0.4) is 0 Å². The lowest BCUT2D eigenvalue weighted by Gasteiger charge is -2.41. The fourth-order valence-electron chi connectivity index (χ4n) is 5.17. The average Bonchev–Trinajstić information content (AvgIpc) is 3.45. The zero-order valence-electron chi connectivity index (χ0n) is 16.5. The number of carbonyl (C=O) groups excluding carboxylic acids is 2. The molecule has 0 aromatic carbocycles. The van der Waals surface area contributed by atoms with Gasteiger partial charge in [-0.2, -0.15) is 0 Å². The topological polar surface area (TPSA) is 100 Å². The molecule has 3 aliphatic rings. The van der Waals surface area contributed by atoms with Crippen molar-refractivity contribution in [1.29, 1.82) is 0 Å². The van der Waals surface area contributed by atoms with Crippen molar-refractivity contribution in [2.24, 2.45) is 17.8 Å². The maximum atomic E-state index is 13.3. The van der Waals surface area contributed by atoms with Gasteiger partial charge in [0, 0.05) is 4.88 Å². The third-order valence-corrected chi connectivity index (χ3v) is 7.36. The number of thiophene rings is 1. The van der Waals surface area contributed by atoms with Gasteiger partial charge in [0.15, 0.2) is 0 Å². The predicted molar refractivity (Wildman–Crippen MR) is 109 cm³/mol. The average molecular weight is 427 g/mol. The Hall–Kier alpha value is -2.20. The van der Waals surface area contributed by atoms with Crippen LogP contribution in [0.25, 0.3) is 0 Å². The van der Waals surface area contributed by atoms with Crippen molar-refractivity contribution in [2.75, 3.05) is 0 Å². The lowest BCUT2D eigenvalue weighted by Crippen LogP contribution is -2.44. The minimum absolute atomic E-state index is 0.130. The van der Waals surface area contributed by atoms with Crippen LogP contribution in [0, 0.1) is 17.8 Å². The molecule has 0 unspecified atom stereocenters. The van der Waals surface area contributed by atoms with E-state index in [9.17, 15) is 19.7 Å². The van der Waals surface area contributed by atoms with Crippen LogP contribution in [-0.2, 0) is 27.4 Å². The van der Waals surface area contributed by atoms with Crippen LogP contribution in [0.2, 0.25) is 0 Å². The normalized spacial score (nSPS) is 28.9. The molecule has 4 heterocycles. The van der Waals surface area contributed by atoms with Crippen LogP contribution in [0.1, 0.15) is 42.3 Å². The summed E-state index contributed by atoms with van der Waals surface area (Å²) in [7, 11) is -1.15. The lowest BCUT2D eigenvalue weighted by molar-refractivity contribution is -0.140. The second-order valence-electron chi connectivity index (χ2n) is 8.20. The number of amides is 2. The fourth-order valence-corrected chi connectivity index (χ4v) is 5.86. The molecular formula is C21H22BNO6S. The molecule has 2 aromatic rings. The smallest absolute Gasteiger partial charge is 0.461 e. The summed E-state index contributed by atoms with van der Waals surface area (Å²) >= 11 is 1.52. The number of furan rings is 1. The highest BCUT2D eigenvalue weighted by atomic mass is 32.1. The van der Waals surface area contributed by atoms with Gasteiger partial charge in [-0.15, -0.1) is 11.3 Å². The highest BCUT2D eigenvalue weighted by Gasteiger charge is 2.57. The number of hydrogen-bond donors (Lipinski definition) is 2. The summed E-state index contributed by atoms with van der Waals surface area (Å²) in [6, 6.07) is 7.21. The molecule has 156 valence electrons. The highest BCUT2D eigenvalue weighted by molar-refractivity contribution is 7.09. The summed E-state index contributed by atoms with van der Waals surface area (Å²) in [5, 5.41) is 21.9. The van der Waals surface area contributed by atoms with E-state index in [1.165, 1.54) is 16.2 Å². The van der Waals surface area contributed by atoms with Crippen molar-refractivity contribution < 1.29 is 28.8 Å². The molecule has 2 aliphatic heterocycles. The first kappa shape index (κ1) is 19.7. The predicted octanol–water partition coefficient (Wildman–Crippen LogP) is 2.45. The molecule has 9 heteroatoms. The van der Waals surface area contributed by atoms with Crippen LogP contribution in [-0.4, -0.2) is 34.0 Å². The number of nitrogens with zero attached hydrogens (tertiary/aromatic N) is 1. The van der Waals surface area contributed by atoms with Crippen molar-refractivity contribution in [3.05, 3.63) is 57.1 Å². The van der Waals surface area contributed by atoms with Gasteiger partial charge in [0.1, 0.15) is 24.2 Å². The summed E-state index contributed by atoms with van der Waals surface area (Å²) in [4.78, 5) is 28.8. The minimum atomic E-state index is -1.15. The Balaban J connectivity index is 1.46. The number of aliphatic hydroxyl groups excluding tert-OH is 1. The molecule has 4 atom stereocenters. The van der Waals surface area contributed by atoms with Crippen LogP contribution >= 0.6 is 11.3 Å². The molecule has 0 spiro atoms. The molecule has 2 fully saturated rings. The van der Waals surface area contributed by atoms with Crippen molar-refractivity contribution in [3.8, 4) is 0 Å². The van der Waals surface area contributed by atoms with E-state index in [1.807, 2.05) is 24.4 Å². The first-order chi connectivity index (χ1) is 14.5. The van der Waals surface area contributed by atoms with Crippen LogP contribution in [0.4, 0.5) is 0 Å². The van der Waals surface area contributed by atoms with Gasteiger partial charge in [0.05, 0.1) is 18.4 Å². The van der Waals surface area contributed by atoms with Crippen LogP contribution in [0.5, 0.6) is 0 Å². The Morgan fingerprint density at radius 1 is 1.23 bits per heavy atom. The van der Waals surface area contributed by atoms with Gasteiger partial charge in [0.2, 0.25) is 11.8 Å². The Kier molecular flexibility index (Phi) is 4.93. The number of hydrogen-bond acceptors (Lipinski definition) is 7. The van der Waals surface area contributed by atoms with Gasteiger partial charge in [0.25, 0.3) is 0 Å². The Labute approximate surface area is 178 Å². The highest BCUT2D eigenvalue weighted by Crippen LogP contribution is 2.51. The monoisotopic (exact) mass is 427 g/mol. The molecule has 0 bridgehead atoms. The lowest BCUT2D eigenvalue weighted by atomic mass is 9.55. The second-order valence-corrected chi connectivity index (χ2v) is 9.23. The first-order valence-electron chi connectivity index (χ1n) is 10.1. The zero-order chi connectivity index (χ0) is 21.0. The number of carbonyl (C=O) groups is 2. The summed E-state index contributed by atoms with van der Waals surface area (Å²) in [6.45, 7) is 1.98. The van der Waals surface area contributed by atoms with Gasteiger partial charge in [-0.05, 0) is 54.7 Å². The van der Waals surface area contributed by atoms with E-state index in [4.69, 9.17) is 9.07 Å². The Bertz CT molecular complexity index is 1010. The maximum absolute atomic E-state index is 13.3. The van der Waals surface area contributed by atoms with E-state index < -0.39 is 25.1 Å². The van der Waals surface area contributed by atoms with Crippen LogP contribution < -0.4 is 0 Å². The van der Waals surface area contributed by atoms with Crippen molar-refractivity contribution in [3.63, 3.8) is 0 Å². The SMILES string of the molecule is CC1=C2B(O)O[C@H](c3ccc(CO)o3)C[C@H]2[C@H]2C(=O)N(Cc3cccs3)C(=O)[C@H]2C1. The fraction of sp³-hybridized carbons (Fsp3) is 0.429. The van der Waals surface area contributed by atoms with Crippen molar-refractivity contribution in [2.45, 2.75) is 39.0 Å².